The molecule has 2 N–H and O–H groups in total. The summed E-state index contributed by atoms with van der Waals surface area (Å²) in [5, 5.41) is 1.86. The first kappa shape index (κ1) is 12.6. The van der Waals surface area contributed by atoms with Gasteiger partial charge in [-0.1, -0.05) is 12.1 Å². The molecule has 0 aliphatic carbocycles. The smallest absolute Gasteiger partial charge is 0.185 e. The van der Waals surface area contributed by atoms with Crippen LogP contribution in [0.3, 0.4) is 0 Å². The van der Waals surface area contributed by atoms with E-state index in [4.69, 9.17) is 5.73 Å². The summed E-state index contributed by atoms with van der Waals surface area (Å²) in [6, 6.07) is 8.33. The average Bonchev–Trinajstić information content (AvgIpc) is 2.63. The third-order valence-corrected chi connectivity index (χ3v) is 5.82. The lowest BCUT2D eigenvalue weighted by Gasteiger charge is -2.05. The first-order chi connectivity index (χ1) is 7.99. The maximum atomic E-state index is 12.1. The van der Waals surface area contributed by atoms with Crippen LogP contribution < -0.4 is 5.73 Å². The van der Waals surface area contributed by atoms with Crippen molar-refractivity contribution in [1.29, 1.82) is 0 Å². The molecule has 2 aromatic rings. The third-order valence-electron chi connectivity index (χ3n) is 2.21. The quantitative estimate of drug-likeness (QED) is 0.879. The summed E-state index contributed by atoms with van der Waals surface area (Å²) in [6.45, 7) is 0. The van der Waals surface area contributed by atoms with Crippen LogP contribution in [-0.4, -0.2) is 8.42 Å². The summed E-state index contributed by atoms with van der Waals surface area (Å²) in [5.41, 5.74) is 5.98. The van der Waals surface area contributed by atoms with Gasteiger partial charge in [0.05, 0.1) is 16.3 Å². The predicted molar refractivity (Wildman–Crippen MR) is 73.8 cm³/mol. The molecule has 0 saturated carbocycles. The van der Waals surface area contributed by atoms with Crippen molar-refractivity contribution in [3.63, 3.8) is 0 Å². The van der Waals surface area contributed by atoms with Gasteiger partial charge in [-0.3, -0.25) is 0 Å². The van der Waals surface area contributed by atoms with Crippen molar-refractivity contribution in [2.45, 2.75) is 10.6 Å². The molecule has 90 valence electrons. The van der Waals surface area contributed by atoms with E-state index in [2.05, 4.69) is 15.9 Å². The second kappa shape index (κ2) is 4.80. The molecule has 0 aliphatic rings. The molecule has 0 bridgehead atoms. The Kier molecular flexibility index (Phi) is 3.56. The number of rotatable bonds is 3. The standard InChI is InChI=1S/C11H10BrNO2S2/c12-8-5-9(16-6-8)7-17(14,15)11-4-2-1-3-10(11)13/h1-6H,7,13H2. The van der Waals surface area contributed by atoms with E-state index >= 15 is 0 Å². The van der Waals surface area contributed by atoms with E-state index in [0.717, 1.165) is 9.35 Å². The number of para-hydroxylation sites is 1. The maximum Gasteiger partial charge on any atom is 0.185 e. The Morgan fingerprint density at radius 3 is 2.59 bits per heavy atom. The van der Waals surface area contributed by atoms with Crippen LogP contribution in [0.2, 0.25) is 0 Å². The molecule has 0 aliphatic heterocycles. The Balaban J connectivity index is 2.35. The Labute approximate surface area is 112 Å². The van der Waals surface area contributed by atoms with Crippen molar-refractivity contribution >= 4 is 42.8 Å². The molecule has 1 heterocycles. The van der Waals surface area contributed by atoms with Gasteiger partial charge in [0.2, 0.25) is 0 Å². The van der Waals surface area contributed by atoms with Gasteiger partial charge in [0.1, 0.15) is 0 Å². The second-order valence-corrected chi connectivity index (χ2v) is 7.40. The normalized spacial score (nSPS) is 11.6. The number of benzene rings is 1. The molecule has 1 aromatic carbocycles. The number of anilines is 1. The number of hydrogen-bond donors (Lipinski definition) is 1. The van der Waals surface area contributed by atoms with E-state index in [1.165, 1.54) is 17.4 Å². The molecule has 6 heteroatoms. The number of nitrogen functional groups attached to an aromatic ring is 1. The number of sulfone groups is 1. The fraction of sp³-hybridized carbons (Fsp3) is 0.0909. The fourth-order valence-corrected chi connectivity index (χ4v) is 4.76. The molecule has 17 heavy (non-hydrogen) atoms. The lowest BCUT2D eigenvalue weighted by Crippen LogP contribution is -2.06. The molecule has 3 nitrogen and oxygen atoms in total. The minimum atomic E-state index is -3.37. The Morgan fingerprint density at radius 1 is 1.29 bits per heavy atom. The minimum absolute atomic E-state index is 0.0164. The number of thiophene rings is 1. The van der Waals surface area contributed by atoms with E-state index in [1.54, 1.807) is 24.3 Å². The van der Waals surface area contributed by atoms with Gasteiger partial charge >= 0.3 is 0 Å². The minimum Gasteiger partial charge on any atom is -0.398 e. The topological polar surface area (TPSA) is 60.2 Å². The molecule has 0 spiro atoms. The van der Waals surface area contributed by atoms with Crippen LogP contribution in [-0.2, 0) is 15.6 Å². The molecule has 0 atom stereocenters. The SMILES string of the molecule is Nc1ccccc1S(=O)(=O)Cc1cc(Br)cs1. The van der Waals surface area contributed by atoms with Gasteiger partial charge in [0.15, 0.2) is 9.84 Å². The van der Waals surface area contributed by atoms with Crippen molar-refractivity contribution in [3.8, 4) is 0 Å². The lowest BCUT2D eigenvalue weighted by molar-refractivity contribution is 0.596. The van der Waals surface area contributed by atoms with Crippen LogP contribution in [0.1, 0.15) is 4.88 Å². The summed E-state index contributed by atoms with van der Waals surface area (Å²) in [4.78, 5) is 0.990. The van der Waals surface area contributed by atoms with E-state index in [0.29, 0.717) is 5.69 Å². The molecule has 0 amide bonds. The summed E-state index contributed by atoms with van der Waals surface area (Å²) in [5.74, 6) is -0.0164. The number of halogens is 1. The molecule has 2 rings (SSSR count). The number of nitrogens with two attached hydrogens (primary N) is 1. The predicted octanol–water partition coefficient (Wildman–Crippen LogP) is 3.07. The van der Waals surface area contributed by atoms with Crippen LogP contribution in [0.4, 0.5) is 5.69 Å². The van der Waals surface area contributed by atoms with Gasteiger partial charge in [-0.15, -0.1) is 11.3 Å². The highest BCUT2D eigenvalue weighted by Crippen LogP contribution is 2.26. The largest absolute Gasteiger partial charge is 0.398 e. The van der Waals surface area contributed by atoms with Crippen molar-refractivity contribution in [2.75, 3.05) is 5.73 Å². The summed E-state index contributed by atoms with van der Waals surface area (Å²) >= 11 is 4.71. The molecular formula is C11H10BrNO2S2. The third kappa shape index (κ3) is 2.88. The zero-order chi connectivity index (χ0) is 12.5. The first-order valence-corrected chi connectivity index (χ1v) is 8.12. The Bertz CT molecular complexity index is 634. The summed E-state index contributed by atoms with van der Waals surface area (Å²) in [7, 11) is -3.37. The van der Waals surface area contributed by atoms with Crippen molar-refractivity contribution in [1.82, 2.24) is 0 Å². The van der Waals surface area contributed by atoms with E-state index in [1.807, 2.05) is 5.38 Å². The first-order valence-electron chi connectivity index (χ1n) is 4.79. The van der Waals surface area contributed by atoms with E-state index in [-0.39, 0.29) is 10.6 Å². The summed E-state index contributed by atoms with van der Waals surface area (Å²) in [6.07, 6.45) is 0. The zero-order valence-corrected chi connectivity index (χ0v) is 12.0. The fourth-order valence-electron chi connectivity index (χ4n) is 1.46. The van der Waals surface area contributed by atoms with Crippen molar-refractivity contribution < 1.29 is 8.42 Å². The Morgan fingerprint density at radius 2 is 2.00 bits per heavy atom. The molecule has 0 radical (unpaired) electrons. The lowest BCUT2D eigenvalue weighted by atomic mass is 10.3. The molecule has 0 saturated heterocycles. The van der Waals surface area contributed by atoms with Gasteiger partial charge in [-0.2, -0.15) is 0 Å². The highest BCUT2D eigenvalue weighted by molar-refractivity contribution is 9.10. The van der Waals surface area contributed by atoms with Gasteiger partial charge in [0, 0.05) is 14.7 Å². The maximum absolute atomic E-state index is 12.1. The summed E-state index contributed by atoms with van der Waals surface area (Å²) < 4.78 is 25.2. The molecule has 1 aromatic heterocycles. The van der Waals surface area contributed by atoms with Crippen LogP contribution in [0.5, 0.6) is 0 Å². The van der Waals surface area contributed by atoms with Gasteiger partial charge in [0.25, 0.3) is 0 Å². The second-order valence-electron chi connectivity index (χ2n) is 3.53. The highest BCUT2D eigenvalue weighted by Gasteiger charge is 2.18. The van der Waals surface area contributed by atoms with Crippen molar-refractivity contribution in [3.05, 3.63) is 45.1 Å². The molecule has 0 unspecified atom stereocenters. The average molecular weight is 332 g/mol. The van der Waals surface area contributed by atoms with Crippen LogP contribution >= 0.6 is 27.3 Å². The van der Waals surface area contributed by atoms with Crippen molar-refractivity contribution in [2.24, 2.45) is 0 Å². The Hall–Kier alpha value is -0.850. The molecule has 0 fully saturated rings. The van der Waals surface area contributed by atoms with E-state index in [9.17, 15) is 8.42 Å². The van der Waals surface area contributed by atoms with Crippen LogP contribution in [0.25, 0.3) is 0 Å². The highest BCUT2D eigenvalue weighted by atomic mass is 79.9. The zero-order valence-electron chi connectivity index (χ0n) is 8.76. The van der Waals surface area contributed by atoms with Crippen LogP contribution in [0.15, 0.2) is 45.1 Å². The monoisotopic (exact) mass is 331 g/mol. The van der Waals surface area contributed by atoms with Crippen LogP contribution in [0, 0.1) is 0 Å². The van der Waals surface area contributed by atoms with Gasteiger partial charge in [-0.05, 0) is 34.1 Å². The van der Waals surface area contributed by atoms with Gasteiger partial charge < -0.3 is 5.73 Å². The van der Waals surface area contributed by atoms with E-state index < -0.39 is 9.84 Å². The number of hydrogen-bond acceptors (Lipinski definition) is 4. The van der Waals surface area contributed by atoms with Gasteiger partial charge in [-0.25, -0.2) is 8.42 Å². The molecular weight excluding hydrogens is 322 g/mol.